The van der Waals surface area contributed by atoms with Gasteiger partial charge in [0.2, 0.25) is 0 Å². The van der Waals surface area contributed by atoms with Gasteiger partial charge in [0.05, 0.1) is 0 Å². The molecule has 0 nitrogen and oxygen atoms in total. The third-order valence-corrected chi connectivity index (χ3v) is 4.49. The number of rotatable bonds is 14. The minimum absolute atomic E-state index is 0.959. The zero-order valence-corrected chi connectivity index (χ0v) is 14.3. The molecular weight excluding hydrogens is 228 g/mol. The minimum atomic E-state index is 0.959. The van der Waals surface area contributed by atoms with Crippen molar-refractivity contribution in [1.82, 2.24) is 0 Å². The summed E-state index contributed by atoms with van der Waals surface area (Å²) in [5, 5.41) is 0. The SMILES string of the molecule is CCCCCCCC[C@H](C)CCC[C@H](C)CCCC. The molecule has 0 fully saturated rings. The van der Waals surface area contributed by atoms with Gasteiger partial charge in [-0.2, -0.15) is 0 Å². The Morgan fingerprint density at radius 2 is 0.895 bits per heavy atom. The van der Waals surface area contributed by atoms with Gasteiger partial charge in [-0.25, -0.2) is 0 Å². The van der Waals surface area contributed by atoms with E-state index in [1.54, 1.807) is 0 Å². The summed E-state index contributed by atoms with van der Waals surface area (Å²) < 4.78 is 0. The van der Waals surface area contributed by atoms with Crippen LogP contribution < -0.4 is 0 Å². The van der Waals surface area contributed by atoms with Crippen molar-refractivity contribution in [3.05, 3.63) is 0 Å². The van der Waals surface area contributed by atoms with E-state index in [1.165, 1.54) is 83.5 Å². The van der Waals surface area contributed by atoms with Crippen LogP contribution in [0.5, 0.6) is 0 Å². The fourth-order valence-corrected chi connectivity index (χ4v) is 2.93. The van der Waals surface area contributed by atoms with E-state index in [0.717, 1.165) is 11.8 Å². The van der Waals surface area contributed by atoms with Crippen molar-refractivity contribution in [2.24, 2.45) is 11.8 Å². The first-order valence-electron chi connectivity index (χ1n) is 9.20. The molecule has 0 unspecified atom stereocenters. The predicted molar refractivity (Wildman–Crippen MR) is 89.7 cm³/mol. The van der Waals surface area contributed by atoms with Crippen molar-refractivity contribution in [3.8, 4) is 0 Å². The first kappa shape index (κ1) is 19.0. The normalized spacial score (nSPS) is 14.5. The van der Waals surface area contributed by atoms with Crippen LogP contribution in [0.15, 0.2) is 0 Å². The Kier molecular flexibility index (Phi) is 14.4. The fourth-order valence-electron chi connectivity index (χ4n) is 2.93. The smallest absolute Gasteiger partial charge is 0.0443 e. The van der Waals surface area contributed by atoms with Crippen LogP contribution in [0.4, 0.5) is 0 Å². The van der Waals surface area contributed by atoms with Crippen molar-refractivity contribution in [1.29, 1.82) is 0 Å². The molecule has 0 rings (SSSR count). The van der Waals surface area contributed by atoms with E-state index in [4.69, 9.17) is 0 Å². The van der Waals surface area contributed by atoms with Crippen molar-refractivity contribution in [3.63, 3.8) is 0 Å². The predicted octanol–water partition coefficient (Wildman–Crippen LogP) is 7.37. The van der Waals surface area contributed by atoms with Crippen LogP contribution in [-0.4, -0.2) is 0 Å². The van der Waals surface area contributed by atoms with Gasteiger partial charge in [-0.05, 0) is 11.8 Å². The van der Waals surface area contributed by atoms with Gasteiger partial charge in [0.1, 0.15) is 0 Å². The molecular formula is C19H40. The summed E-state index contributed by atoms with van der Waals surface area (Å²) in [6.07, 6.45) is 18.7. The lowest BCUT2D eigenvalue weighted by atomic mass is 9.92. The third kappa shape index (κ3) is 14.2. The average molecular weight is 269 g/mol. The zero-order valence-electron chi connectivity index (χ0n) is 14.3. The fraction of sp³-hybridized carbons (Fsp3) is 1.00. The van der Waals surface area contributed by atoms with Gasteiger partial charge in [0.15, 0.2) is 0 Å². The Labute approximate surface area is 123 Å². The van der Waals surface area contributed by atoms with Gasteiger partial charge < -0.3 is 0 Å². The van der Waals surface area contributed by atoms with Gasteiger partial charge >= 0.3 is 0 Å². The summed E-state index contributed by atoms with van der Waals surface area (Å²) in [5.74, 6) is 1.92. The van der Waals surface area contributed by atoms with E-state index >= 15 is 0 Å². The van der Waals surface area contributed by atoms with Gasteiger partial charge in [-0.3, -0.25) is 0 Å². The van der Waals surface area contributed by atoms with Gasteiger partial charge in [-0.15, -0.1) is 0 Å². The van der Waals surface area contributed by atoms with Crippen LogP contribution in [0.1, 0.15) is 111 Å². The Balaban J connectivity index is 3.27. The van der Waals surface area contributed by atoms with Crippen LogP contribution in [0.3, 0.4) is 0 Å². The molecule has 0 aliphatic rings. The van der Waals surface area contributed by atoms with E-state index in [0.29, 0.717) is 0 Å². The van der Waals surface area contributed by atoms with E-state index in [-0.39, 0.29) is 0 Å². The summed E-state index contributed by atoms with van der Waals surface area (Å²) in [4.78, 5) is 0. The molecule has 0 spiro atoms. The quantitative estimate of drug-likeness (QED) is 0.288. The summed E-state index contributed by atoms with van der Waals surface area (Å²) in [6.45, 7) is 9.50. The minimum Gasteiger partial charge on any atom is -0.0654 e. The second kappa shape index (κ2) is 14.4. The second-order valence-electron chi connectivity index (χ2n) is 6.84. The highest BCUT2D eigenvalue weighted by Gasteiger charge is 2.05. The van der Waals surface area contributed by atoms with Crippen LogP contribution in [0.25, 0.3) is 0 Å². The molecule has 0 amide bonds. The molecule has 0 aromatic heterocycles. The maximum atomic E-state index is 2.46. The van der Waals surface area contributed by atoms with Crippen LogP contribution >= 0.6 is 0 Å². The Hall–Kier alpha value is 0. The molecule has 0 saturated carbocycles. The van der Waals surface area contributed by atoms with Crippen molar-refractivity contribution >= 4 is 0 Å². The summed E-state index contributed by atoms with van der Waals surface area (Å²) in [7, 11) is 0. The molecule has 0 bridgehead atoms. The Bertz CT molecular complexity index is 161. The summed E-state index contributed by atoms with van der Waals surface area (Å²) >= 11 is 0. The van der Waals surface area contributed by atoms with Crippen molar-refractivity contribution in [2.45, 2.75) is 111 Å². The number of hydrogen-bond acceptors (Lipinski definition) is 0. The Morgan fingerprint density at radius 3 is 1.47 bits per heavy atom. The molecule has 0 aliphatic carbocycles. The van der Waals surface area contributed by atoms with E-state index in [9.17, 15) is 0 Å². The molecule has 0 aromatic carbocycles. The topological polar surface area (TPSA) is 0 Å². The first-order valence-corrected chi connectivity index (χ1v) is 9.20. The molecule has 2 atom stereocenters. The van der Waals surface area contributed by atoms with E-state index < -0.39 is 0 Å². The lowest BCUT2D eigenvalue weighted by molar-refractivity contribution is 0.394. The van der Waals surface area contributed by atoms with Gasteiger partial charge in [0, 0.05) is 0 Å². The third-order valence-electron chi connectivity index (χ3n) is 4.49. The van der Waals surface area contributed by atoms with Crippen LogP contribution in [0, 0.1) is 11.8 Å². The van der Waals surface area contributed by atoms with Gasteiger partial charge in [-0.1, -0.05) is 111 Å². The highest BCUT2D eigenvalue weighted by atomic mass is 14.1. The highest BCUT2D eigenvalue weighted by Crippen LogP contribution is 2.20. The molecule has 0 aliphatic heterocycles. The van der Waals surface area contributed by atoms with Crippen molar-refractivity contribution in [2.75, 3.05) is 0 Å². The lowest BCUT2D eigenvalue weighted by Gasteiger charge is -2.14. The van der Waals surface area contributed by atoms with E-state index in [1.807, 2.05) is 0 Å². The summed E-state index contributed by atoms with van der Waals surface area (Å²) in [6, 6.07) is 0. The van der Waals surface area contributed by atoms with Crippen molar-refractivity contribution < 1.29 is 0 Å². The lowest BCUT2D eigenvalue weighted by Crippen LogP contribution is -1.99. The maximum Gasteiger partial charge on any atom is -0.0443 e. The van der Waals surface area contributed by atoms with Crippen LogP contribution in [-0.2, 0) is 0 Å². The average Bonchev–Trinajstić information content (AvgIpc) is 2.40. The molecule has 0 heterocycles. The number of unbranched alkanes of at least 4 members (excludes halogenated alkanes) is 6. The second-order valence-corrected chi connectivity index (χ2v) is 6.84. The maximum absolute atomic E-state index is 2.46. The van der Waals surface area contributed by atoms with E-state index in [2.05, 4.69) is 27.7 Å². The molecule has 0 aromatic rings. The largest absolute Gasteiger partial charge is 0.0654 e. The highest BCUT2D eigenvalue weighted by molar-refractivity contribution is 4.58. The van der Waals surface area contributed by atoms with Gasteiger partial charge in [0.25, 0.3) is 0 Å². The molecule has 116 valence electrons. The molecule has 0 saturated heterocycles. The first-order chi connectivity index (χ1) is 9.20. The molecule has 0 N–H and O–H groups in total. The molecule has 19 heavy (non-hydrogen) atoms. The van der Waals surface area contributed by atoms with Crippen LogP contribution in [0.2, 0.25) is 0 Å². The summed E-state index contributed by atoms with van der Waals surface area (Å²) in [5.41, 5.74) is 0. The monoisotopic (exact) mass is 268 g/mol. The molecule has 0 heteroatoms. The number of hydrogen-bond donors (Lipinski definition) is 0. The zero-order chi connectivity index (χ0) is 14.3. The molecule has 0 radical (unpaired) electrons. The standard InChI is InChI=1S/C19H40/c1-5-7-9-10-11-12-15-19(4)17-13-16-18(3)14-8-6-2/h18-19H,5-17H2,1-4H3/t18-,19+/m1/s1. The Morgan fingerprint density at radius 1 is 0.474 bits per heavy atom.